The Morgan fingerprint density at radius 1 is 1.44 bits per heavy atom. The summed E-state index contributed by atoms with van der Waals surface area (Å²) in [6.45, 7) is 6.10. The molecule has 0 atom stereocenters. The molecule has 0 aromatic heterocycles. The number of benzene rings is 1. The Morgan fingerprint density at radius 2 is 2.19 bits per heavy atom. The van der Waals surface area contributed by atoms with Crippen molar-refractivity contribution in [2.45, 2.75) is 26.7 Å². The van der Waals surface area contributed by atoms with Crippen LogP contribution in [0.1, 0.15) is 25.3 Å². The molecule has 0 aliphatic heterocycles. The van der Waals surface area contributed by atoms with Crippen molar-refractivity contribution in [2.75, 3.05) is 18.0 Å². The fraction of sp³-hybridized carbons (Fsp3) is 0.500. The van der Waals surface area contributed by atoms with Crippen LogP contribution in [-0.4, -0.2) is 13.1 Å². The molecular weight excluding hydrogens is 196 g/mol. The zero-order valence-electron chi connectivity index (χ0n) is 10.0. The lowest BCUT2D eigenvalue weighted by Crippen LogP contribution is -2.29. The van der Waals surface area contributed by atoms with Crippen LogP contribution >= 0.6 is 0 Å². The smallest absolute Gasteiger partial charge is 0.0749 e. The van der Waals surface area contributed by atoms with E-state index < -0.39 is 0 Å². The first-order valence-electron chi connectivity index (χ1n) is 5.92. The number of hydrogen-bond donors (Lipinski definition) is 0. The molecule has 2 nitrogen and oxygen atoms in total. The highest BCUT2D eigenvalue weighted by Crippen LogP contribution is 2.46. The normalized spacial score (nSPS) is 16.6. The van der Waals surface area contributed by atoms with Gasteiger partial charge in [0.15, 0.2) is 0 Å². The fourth-order valence-electron chi connectivity index (χ4n) is 2.03. The van der Waals surface area contributed by atoms with Crippen molar-refractivity contribution in [3.63, 3.8) is 0 Å². The predicted molar refractivity (Wildman–Crippen MR) is 66.3 cm³/mol. The highest BCUT2D eigenvalue weighted by Gasteiger charge is 2.44. The minimum absolute atomic E-state index is 0.0558. The first-order chi connectivity index (χ1) is 7.69. The van der Waals surface area contributed by atoms with Crippen molar-refractivity contribution in [3.8, 4) is 6.07 Å². The van der Waals surface area contributed by atoms with Gasteiger partial charge in [0.05, 0.1) is 11.5 Å². The maximum absolute atomic E-state index is 9.13. The van der Waals surface area contributed by atoms with E-state index >= 15 is 0 Å². The topological polar surface area (TPSA) is 27.0 Å². The molecule has 1 aromatic rings. The molecule has 1 aliphatic carbocycles. The SMILES string of the molecule is CCN(CC1(C#N)CC1)c1cccc(C)c1. The van der Waals surface area contributed by atoms with Crippen LogP contribution in [0.15, 0.2) is 24.3 Å². The van der Waals surface area contributed by atoms with E-state index in [1.165, 1.54) is 11.3 Å². The van der Waals surface area contributed by atoms with Gasteiger partial charge in [-0.05, 0) is 44.4 Å². The van der Waals surface area contributed by atoms with Gasteiger partial charge in [-0.3, -0.25) is 0 Å². The van der Waals surface area contributed by atoms with Crippen LogP contribution < -0.4 is 4.90 Å². The van der Waals surface area contributed by atoms with E-state index in [1.807, 2.05) is 0 Å². The first-order valence-corrected chi connectivity index (χ1v) is 5.92. The van der Waals surface area contributed by atoms with Crippen molar-refractivity contribution in [2.24, 2.45) is 5.41 Å². The second-order valence-corrected chi connectivity index (χ2v) is 4.75. The number of hydrogen-bond acceptors (Lipinski definition) is 2. The summed E-state index contributed by atoms with van der Waals surface area (Å²) in [5.41, 5.74) is 2.46. The van der Waals surface area contributed by atoms with Gasteiger partial charge in [0, 0.05) is 18.8 Å². The van der Waals surface area contributed by atoms with Gasteiger partial charge < -0.3 is 4.90 Å². The standard InChI is InChI=1S/C14H18N2/c1-3-16(11-14(10-15)7-8-14)13-6-4-5-12(2)9-13/h4-6,9H,3,7-8,11H2,1-2H3. The van der Waals surface area contributed by atoms with Gasteiger partial charge in [-0.25, -0.2) is 0 Å². The van der Waals surface area contributed by atoms with Crippen molar-refractivity contribution >= 4 is 5.69 Å². The van der Waals surface area contributed by atoms with E-state index in [0.717, 1.165) is 25.9 Å². The molecule has 1 fully saturated rings. The summed E-state index contributed by atoms with van der Waals surface area (Å²) in [6.07, 6.45) is 2.12. The second kappa shape index (κ2) is 4.17. The maximum atomic E-state index is 9.13. The quantitative estimate of drug-likeness (QED) is 0.770. The lowest BCUT2D eigenvalue weighted by molar-refractivity contribution is 0.630. The molecule has 0 unspecified atom stereocenters. The molecule has 2 rings (SSSR count). The third kappa shape index (κ3) is 2.19. The van der Waals surface area contributed by atoms with Gasteiger partial charge >= 0.3 is 0 Å². The van der Waals surface area contributed by atoms with E-state index in [2.05, 4.69) is 49.1 Å². The average molecular weight is 214 g/mol. The van der Waals surface area contributed by atoms with Crippen LogP contribution in [0, 0.1) is 23.7 Å². The van der Waals surface area contributed by atoms with Crippen molar-refractivity contribution in [1.82, 2.24) is 0 Å². The Morgan fingerprint density at radius 3 is 2.69 bits per heavy atom. The molecule has 0 heterocycles. The molecule has 84 valence electrons. The zero-order valence-corrected chi connectivity index (χ0v) is 10.0. The molecule has 1 aliphatic rings. The van der Waals surface area contributed by atoms with Crippen LogP contribution in [0.2, 0.25) is 0 Å². The van der Waals surface area contributed by atoms with E-state index in [1.54, 1.807) is 0 Å². The molecule has 1 saturated carbocycles. The molecule has 0 N–H and O–H groups in total. The molecule has 2 heteroatoms. The zero-order chi connectivity index (χ0) is 11.6. The van der Waals surface area contributed by atoms with Crippen molar-refractivity contribution in [1.29, 1.82) is 5.26 Å². The van der Waals surface area contributed by atoms with Gasteiger partial charge in [-0.2, -0.15) is 5.26 Å². The predicted octanol–water partition coefficient (Wildman–Crippen LogP) is 3.13. The van der Waals surface area contributed by atoms with E-state index in [-0.39, 0.29) is 5.41 Å². The van der Waals surface area contributed by atoms with Gasteiger partial charge in [0.25, 0.3) is 0 Å². The third-order valence-corrected chi connectivity index (χ3v) is 3.33. The van der Waals surface area contributed by atoms with Crippen LogP contribution in [-0.2, 0) is 0 Å². The van der Waals surface area contributed by atoms with Crippen molar-refractivity contribution < 1.29 is 0 Å². The summed E-state index contributed by atoms with van der Waals surface area (Å²) in [7, 11) is 0. The van der Waals surface area contributed by atoms with E-state index in [0.29, 0.717) is 0 Å². The van der Waals surface area contributed by atoms with Gasteiger partial charge in [0.1, 0.15) is 0 Å². The van der Waals surface area contributed by atoms with Gasteiger partial charge in [-0.1, -0.05) is 12.1 Å². The van der Waals surface area contributed by atoms with Crippen LogP contribution in [0.4, 0.5) is 5.69 Å². The minimum Gasteiger partial charge on any atom is -0.370 e. The first kappa shape index (κ1) is 11.0. The monoisotopic (exact) mass is 214 g/mol. The van der Waals surface area contributed by atoms with Gasteiger partial charge in [-0.15, -0.1) is 0 Å². The number of rotatable bonds is 4. The third-order valence-electron chi connectivity index (χ3n) is 3.33. The highest BCUT2D eigenvalue weighted by molar-refractivity contribution is 5.49. The Bertz CT molecular complexity index is 413. The molecule has 0 radical (unpaired) electrons. The largest absolute Gasteiger partial charge is 0.370 e. The molecule has 0 amide bonds. The lowest BCUT2D eigenvalue weighted by atomic mass is 10.1. The highest BCUT2D eigenvalue weighted by atomic mass is 15.1. The average Bonchev–Trinajstić information content (AvgIpc) is 3.06. The lowest BCUT2D eigenvalue weighted by Gasteiger charge is -2.25. The number of nitrogens with zero attached hydrogens (tertiary/aromatic N) is 2. The summed E-state index contributed by atoms with van der Waals surface area (Å²) in [4.78, 5) is 2.31. The van der Waals surface area contributed by atoms with Gasteiger partial charge in [0.2, 0.25) is 0 Å². The molecule has 0 bridgehead atoms. The summed E-state index contributed by atoms with van der Waals surface area (Å²) < 4.78 is 0. The molecular formula is C14H18N2. The van der Waals surface area contributed by atoms with Crippen LogP contribution in [0.25, 0.3) is 0 Å². The molecule has 0 spiro atoms. The van der Waals surface area contributed by atoms with Crippen LogP contribution in [0.3, 0.4) is 0 Å². The molecule has 1 aromatic carbocycles. The minimum atomic E-state index is -0.0558. The van der Waals surface area contributed by atoms with E-state index in [4.69, 9.17) is 5.26 Å². The Hall–Kier alpha value is -1.49. The molecule has 0 saturated heterocycles. The molecule has 16 heavy (non-hydrogen) atoms. The summed E-state index contributed by atoms with van der Waals surface area (Å²) in [6, 6.07) is 11.0. The van der Waals surface area contributed by atoms with Crippen molar-refractivity contribution in [3.05, 3.63) is 29.8 Å². The number of aryl methyl sites for hydroxylation is 1. The fourth-order valence-corrected chi connectivity index (χ4v) is 2.03. The number of anilines is 1. The Labute approximate surface area is 97.5 Å². The Kier molecular flexibility index (Phi) is 2.87. The second-order valence-electron chi connectivity index (χ2n) is 4.75. The maximum Gasteiger partial charge on any atom is 0.0749 e. The van der Waals surface area contributed by atoms with Crippen LogP contribution in [0.5, 0.6) is 0 Å². The Balaban J connectivity index is 2.14. The summed E-state index contributed by atoms with van der Waals surface area (Å²) in [5, 5.41) is 9.13. The number of nitriles is 1. The summed E-state index contributed by atoms with van der Waals surface area (Å²) in [5.74, 6) is 0. The summed E-state index contributed by atoms with van der Waals surface area (Å²) >= 11 is 0. The van der Waals surface area contributed by atoms with E-state index in [9.17, 15) is 0 Å².